The highest BCUT2D eigenvalue weighted by atomic mass is 32.2. The zero-order chi connectivity index (χ0) is 12.7. The molecular formula is C13H20N2OS. The molecule has 4 heteroatoms. The van der Waals surface area contributed by atoms with E-state index in [1.165, 1.54) is 5.56 Å². The maximum absolute atomic E-state index is 11.3. The molecule has 0 saturated carbocycles. The molecule has 0 saturated heterocycles. The number of carbonyl (C=O) groups excluding carboxylic acids is 1. The molecule has 1 rings (SSSR count). The maximum Gasteiger partial charge on any atom is 0.238 e. The normalized spacial score (nSPS) is 10.6. The summed E-state index contributed by atoms with van der Waals surface area (Å²) in [4.78, 5) is 11.3. The van der Waals surface area contributed by atoms with Gasteiger partial charge in [0.15, 0.2) is 0 Å². The van der Waals surface area contributed by atoms with Crippen LogP contribution in [0, 0.1) is 5.92 Å². The van der Waals surface area contributed by atoms with E-state index >= 15 is 0 Å². The zero-order valence-corrected chi connectivity index (χ0v) is 11.2. The summed E-state index contributed by atoms with van der Waals surface area (Å²) in [5, 5.41) is 0. The molecule has 0 radical (unpaired) electrons. The van der Waals surface area contributed by atoms with Crippen molar-refractivity contribution in [2.75, 3.05) is 5.75 Å². The molecular weight excluding hydrogens is 232 g/mol. The van der Waals surface area contributed by atoms with Gasteiger partial charge in [0.2, 0.25) is 5.91 Å². The largest absolute Gasteiger partial charge is 0.294 e. The van der Waals surface area contributed by atoms with Gasteiger partial charge in [-0.25, -0.2) is 5.84 Å². The van der Waals surface area contributed by atoms with Crippen LogP contribution in [0.25, 0.3) is 0 Å². The van der Waals surface area contributed by atoms with Gasteiger partial charge in [-0.1, -0.05) is 38.1 Å². The minimum Gasteiger partial charge on any atom is -0.294 e. The van der Waals surface area contributed by atoms with Crippen LogP contribution in [-0.2, 0) is 17.0 Å². The topological polar surface area (TPSA) is 55.1 Å². The molecule has 0 atom stereocenters. The van der Waals surface area contributed by atoms with Crippen molar-refractivity contribution in [1.29, 1.82) is 0 Å². The highest BCUT2D eigenvalue weighted by Crippen LogP contribution is 2.19. The summed E-state index contributed by atoms with van der Waals surface area (Å²) < 4.78 is 0. The predicted molar refractivity (Wildman–Crippen MR) is 73.5 cm³/mol. The van der Waals surface area contributed by atoms with Crippen LogP contribution in [-0.4, -0.2) is 11.7 Å². The van der Waals surface area contributed by atoms with Gasteiger partial charge in [-0.2, -0.15) is 11.8 Å². The predicted octanol–water partition coefficient (Wildman–Crippen LogP) is 2.11. The van der Waals surface area contributed by atoms with E-state index in [0.29, 0.717) is 12.3 Å². The van der Waals surface area contributed by atoms with Crippen LogP contribution in [0.1, 0.15) is 25.0 Å². The fourth-order valence-corrected chi connectivity index (χ4v) is 2.59. The van der Waals surface area contributed by atoms with Crippen molar-refractivity contribution in [2.45, 2.75) is 26.0 Å². The second-order valence-corrected chi connectivity index (χ2v) is 5.45. The number of hydrogen-bond acceptors (Lipinski definition) is 3. The number of nitrogens with one attached hydrogen (secondary N) is 1. The first-order valence-electron chi connectivity index (χ1n) is 5.77. The number of nitrogens with two attached hydrogens (primary N) is 1. The molecule has 3 nitrogen and oxygen atoms in total. The van der Waals surface area contributed by atoms with E-state index in [0.717, 1.165) is 17.1 Å². The molecule has 3 N–H and O–H groups in total. The van der Waals surface area contributed by atoms with Crippen molar-refractivity contribution in [3.8, 4) is 0 Å². The number of rotatable bonds is 6. The van der Waals surface area contributed by atoms with Gasteiger partial charge in [-0.3, -0.25) is 10.2 Å². The van der Waals surface area contributed by atoms with Gasteiger partial charge in [-0.15, -0.1) is 0 Å². The molecule has 1 aromatic carbocycles. The fraction of sp³-hybridized carbons (Fsp3) is 0.462. The highest BCUT2D eigenvalue weighted by Gasteiger charge is 2.06. The van der Waals surface area contributed by atoms with E-state index in [4.69, 9.17) is 5.84 Å². The van der Waals surface area contributed by atoms with Crippen molar-refractivity contribution < 1.29 is 4.79 Å². The Morgan fingerprint density at radius 2 is 2.00 bits per heavy atom. The van der Waals surface area contributed by atoms with Crippen LogP contribution in [0.4, 0.5) is 0 Å². The Labute approximate surface area is 107 Å². The lowest BCUT2D eigenvalue weighted by molar-refractivity contribution is -0.120. The number of amides is 1. The molecule has 94 valence electrons. The fourth-order valence-electron chi connectivity index (χ4n) is 1.50. The van der Waals surface area contributed by atoms with Crippen molar-refractivity contribution in [2.24, 2.45) is 11.8 Å². The van der Waals surface area contributed by atoms with Crippen molar-refractivity contribution in [3.05, 3.63) is 35.4 Å². The summed E-state index contributed by atoms with van der Waals surface area (Å²) in [5.41, 5.74) is 4.45. The molecule has 0 fully saturated rings. The van der Waals surface area contributed by atoms with Gasteiger partial charge in [0.05, 0.1) is 6.42 Å². The van der Waals surface area contributed by atoms with Crippen LogP contribution in [0.15, 0.2) is 24.3 Å². The van der Waals surface area contributed by atoms with E-state index in [9.17, 15) is 4.79 Å². The Morgan fingerprint density at radius 3 is 2.59 bits per heavy atom. The van der Waals surface area contributed by atoms with E-state index in [1.807, 2.05) is 30.0 Å². The summed E-state index contributed by atoms with van der Waals surface area (Å²) >= 11 is 1.90. The lowest BCUT2D eigenvalue weighted by Gasteiger charge is -2.09. The molecule has 1 amide bonds. The first-order chi connectivity index (χ1) is 8.13. The van der Waals surface area contributed by atoms with Crippen LogP contribution < -0.4 is 11.3 Å². The minimum atomic E-state index is -0.147. The molecule has 1 aromatic rings. The zero-order valence-electron chi connectivity index (χ0n) is 10.4. The second-order valence-electron chi connectivity index (χ2n) is 4.42. The standard InChI is InChI=1S/C13H20N2OS/c1-10(2)8-17-9-12-6-4-3-5-11(12)7-13(16)15-14/h3-6,10H,7-9,14H2,1-2H3,(H,15,16). The number of hydrazine groups is 1. The van der Waals surface area contributed by atoms with Crippen molar-refractivity contribution >= 4 is 17.7 Å². The van der Waals surface area contributed by atoms with E-state index in [2.05, 4.69) is 25.3 Å². The molecule has 0 aromatic heterocycles. The number of benzene rings is 1. The van der Waals surface area contributed by atoms with Crippen molar-refractivity contribution in [3.63, 3.8) is 0 Å². The molecule has 0 aliphatic rings. The summed E-state index contributed by atoms with van der Waals surface area (Å²) in [5.74, 6) is 7.74. The molecule has 0 spiro atoms. The van der Waals surface area contributed by atoms with Crippen LogP contribution >= 0.6 is 11.8 Å². The summed E-state index contributed by atoms with van der Waals surface area (Å²) in [6.07, 6.45) is 0.356. The molecule has 17 heavy (non-hydrogen) atoms. The van der Waals surface area contributed by atoms with E-state index < -0.39 is 0 Å². The third-order valence-corrected chi connectivity index (χ3v) is 3.76. The molecule has 0 bridgehead atoms. The van der Waals surface area contributed by atoms with Gasteiger partial charge >= 0.3 is 0 Å². The Morgan fingerprint density at radius 1 is 1.35 bits per heavy atom. The van der Waals surface area contributed by atoms with Gasteiger partial charge in [0, 0.05) is 5.75 Å². The summed E-state index contributed by atoms with van der Waals surface area (Å²) in [7, 11) is 0. The Balaban J connectivity index is 2.61. The molecule has 0 aliphatic carbocycles. The summed E-state index contributed by atoms with van der Waals surface area (Å²) in [6, 6.07) is 8.03. The first-order valence-corrected chi connectivity index (χ1v) is 6.93. The van der Waals surface area contributed by atoms with Crippen molar-refractivity contribution in [1.82, 2.24) is 5.43 Å². The van der Waals surface area contributed by atoms with Gasteiger partial charge in [0.1, 0.15) is 0 Å². The third kappa shape index (κ3) is 5.24. The van der Waals surface area contributed by atoms with Crippen LogP contribution in [0.5, 0.6) is 0 Å². The SMILES string of the molecule is CC(C)CSCc1ccccc1CC(=O)NN. The van der Waals surface area contributed by atoms with E-state index in [1.54, 1.807) is 0 Å². The quantitative estimate of drug-likeness (QED) is 0.463. The van der Waals surface area contributed by atoms with Gasteiger partial charge in [-0.05, 0) is 22.8 Å². The lowest BCUT2D eigenvalue weighted by atomic mass is 10.1. The van der Waals surface area contributed by atoms with Crippen LogP contribution in [0.2, 0.25) is 0 Å². The van der Waals surface area contributed by atoms with E-state index in [-0.39, 0.29) is 5.91 Å². The van der Waals surface area contributed by atoms with Crippen LogP contribution in [0.3, 0.4) is 0 Å². The first kappa shape index (κ1) is 14.1. The second kappa shape index (κ2) is 7.35. The third-order valence-electron chi connectivity index (χ3n) is 2.34. The number of hydrogen-bond donors (Lipinski definition) is 2. The number of thioether (sulfide) groups is 1. The van der Waals surface area contributed by atoms with Gasteiger partial charge in [0.25, 0.3) is 0 Å². The monoisotopic (exact) mass is 252 g/mol. The molecule has 0 unspecified atom stereocenters. The lowest BCUT2D eigenvalue weighted by Crippen LogP contribution is -2.31. The highest BCUT2D eigenvalue weighted by molar-refractivity contribution is 7.98. The minimum absolute atomic E-state index is 0.147. The average Bonchev–Trinajstić information content (AvgIpc) is 2.30. The average molecular weight is 252 g/mol. The summed E-state index contributed by atoms with van der Waals surface area (Å²) in [6.45, 7) is 4.42. The Bertz CT molecular complexity index is 366. The molecule has 0 heterocycles. The van der Waals surface area contributed by atoms with Gasteiger partial charge < -0.3 is 0 Å². The smallest absolute Gasteiger partial charge is 0.238 e. The maximum atomic E-state index is 11.3. The Hall–Kier alpha value is -1.00. The Kier molecular flexibility index (Phi) is 6.08. The molecule has 0 aliphatic heterocycles. The number of carbonyl (C=O) groups is 1.